The number of rotatable bonds is 6. The molecule has 0 spiro atoms. The molecule has 3 amide bonds. The highest BCUT2D eigenvalue weighted by molar-refractivity contribution is 7.13. The molecule has 1 aromatic heterocycles. The van der Waals surface area contributed by atoms with E-state index >= 15 is 0 Å². The van der Waals surface area contributed by atoms with E-state index in [1.165, 1.54) is 18.4 Å². The fraction of sp³-hybridized carbons (Fsp3) is 0.273. The topological polar surface area (TPSA) is 106 Å². The monoisotopic (exact) mass is 487 g/mol. The number of ether oxygens (including phenoxy) is 2. The lowest BCUT2D eigenvalue weighted by Gasteiger charge is -2.23. The van der Waals surface area contributed by atoms with Gasteiger partial charge < -0.3 is 25.0 Å². The number of carbonyl (C=O) groups is 2. The van der Waals surface area contributed by atoms with Crippen LogP contribution in [0.3, 0.4) is 0 Å². The molecule has 0 saturated carbocycles. The van der Waals surface area contributed by atoms with Gasteiger partial charge in [0.05, 0.1) is 20.3 Å². The highest BCUT2D eigenvalue weighted by atomic mass is 35.5. The summed E-state index contributed by atoms with van der Waals surface area (Å²) in [5.74, 6) is 0.738. The number of anilines is 2. The summed E-state index contributed by atoms with van der Waals surface area (Å²) < 4.78 is 10.5. The number of amides is 3. The Kier molecular flexibility index (Phi) is 6.95. The van der Waals surface area contributed by atoms with Gasteiger partial charge in [-0.25, -0.2) is 4.79 Å². The molecule has 1 atom stereocenters. The number of likely N-dealkylation sites (tertiary alicyclic amines) is 1. The number of carbonyl (C=O) groups excluding carboxylic acids is 2. The van der Waals surface area contributed by atoms with Gasteiger partial charge in [-0.3, -0.25) is 4.79 Å². The Bertz CT molecular complexity index is 1150. The lowest BCUT2D eigenvalue weighted by molar-refractivity contribution is 0.102. The molecule has 1 unspecified atom stereocenters. The van der Waals surface area contributed by atoms with Gasteiger partial charge in [0, 0.05) is 29.0 Å². The summed E-state index contributed by atoms with van der Waals surface area (Å²) in [7, 11) is 3.09. The summed E-state index contributed by atoms with van der Waals surface area (Å²) in [5.41, 5.74) is 1.20. The second-order valence-corrected chi connectivity index (χ2v) is 8.70. The predicted octanol–water partition coefficient (Wildman–Crippen LogP) is 4.83. The van der Waals surface area contributed by atoms with Crippen LogP contribution in [-0.4, -0.2) is 47.8 Å². The standard InChI is InChI=1S/C22H22ClN5O4S/c1-31-17-10-9-15(12-18(17)32-2)25-22(30)28-11-3-4-16(28)20-26-27-21(33-20)19(29)24-14-7-5-13(23)6-8-14/h5-10,12,16H,3-4,11H2,1-2H3,(H,24,29)(H,25,30). The Hall–Kier alpha value is -3.37. The van der Waals surface area contributed by atoms with Gasteiger partial charge in [-0.05, 0) is 49.2 Å². The van der Waals surface area contributed by atoms with Crippen LogP contribution in [-0.2, 0) is 0 Å². The third-order valence-corrected chi connectivity index (χ3v) is 6.45. The molecule has 2 N–H and O–H groups in total. The Morgan fingerprint density at radius 1 is 1.03 bits per heavy atom. The van der Waals surface area contributed by atoms with E-state index in [2.05, 4.69) is 20.8 Å². The lowest BCUT2D eigenvalue weighted by atomic mass is 10.2. The van der Waals surface area contributed by atoms with E-state index in [-0.39, 0.29) is 23.0 Å². The molecule has 2 heterocycles. The number of benzene rings is 2. The van der Waals surface area contributed by atoms with E-state index < -0.39 is 0 Å². The van der Waals surface area contributed by atoms with E-state index in [1.807, 2.05) is 0 Å². The van der Waals surface area contributed by atoms with Gasteiger partial charge in [0.1, 0.15) is 5.01 Å². The Labute approximate surface area is 199 Å². The normalized spacial score (nSPS) is 15.2. The number of hydrogen-bond acceptors (Lipinski definition) is 7. The number of aromatic nitrogens is 2. The van der Waals surface area contributed by atoms with Gasteiger partial charge in [0.15, 0.2) is 11.5 Å². The molecule has 11 heteroatoms. The number of nitrogens with one attached hydrogen (secondary N) is 2. The number of halogens is 1. The third-order valence-electron chi connectivity index (χ3n) is 5.17. The molecule has 33 heavy (non-hydrogen) atoms. The first-order chi connectivity index (χ1) is 16.0. The molecule has 0 bridgehead atoms. The molecule has 9 nitrogen and oxygen atoms in total. The molecule has 1 aliphatic heterocycles. The molecule has 1 fully saturated rings. The van der Waals surface area contributed by atoms with Crippen molar-refractivity contribution in [3.05, 3.63) is 57.5 Å². The maximum absolute atomic E-state index is 13.0. The van der Waals surface area contributed by atoms with E-state index in [4.69, 9.17) is 21.1 Å². The van der Waals surface area contributed by atoms with Crippen LogP contribution in [0.5, 0.6) is 11.5 Å². The molecular weight excluding hydrogens is 466 g/mol. The van der Waals surface area contributed by atoms with Crippen molar-refractivity contribution in [2.45, 2.75) is 18.9 Å². The first-order valence-corrected chi connectivity index (χ1v) is 11.4. The lowest BCUT2D eigenvalue weighted by Crippen LogP contribution is -2.34. The second-order valence-electron chi connectivity index (χ2n) is 7.26. The average Bonchev–Trinajstić information content (AvgIpc) is 3.50. The molecule has 0 aliphatic carbocycles. The minimum atomic E-state index is -0.361. The minimum Gasteiger partial charge on any atom is -0.493 e. The first-order valence-electron chi connectivity index (χ1n) is 10.2. The molecule has 1 saturated heterocycles. The molecular formula is C22H22ClN5O4S. The Morgan fingerprint density at radius 3 is 2.48 bits per heavy atom. The molecule has 2 aromatic carbocycles. The van der Waals surface area contributed by atoms with Gasteiger partial charge in [0.25, 0.3) is 5.91 Å². The van der Waals surface area contributed by atoms with Crippen LogP contribution in [0.4, 0.5) is 16.2 Å². The van der Waals surface area contributed by atoms with Crippen LogP contribution in [0.1, 0.15) is 33.7 Å². The van der Waals surface area contributed by atoms with Crippen molar-refractivity contribution in [3.8, 4) is 11.5 Å². The summed E-state index contributed by atoms with van der Waals surface area (Å²) in [6, 6.07) is 11.5. The number of nitrogens with zero attached hydrogens (tertiary/aromatic N) is 3. The zero-order valence-corrected chi connectivity index (χ0v) is 19.6. The van der Waals surface area contributed by atoms with Crippen LogP contribution < -0.4 is 20.1 Å². The summed E-state index contributed by atoms with van der Waals surface area (Å²) in [6.45, 7) is 0.579. The SMILES string of the molecule is COc1ccc(NC(=O)N2CCCC2c2nnc(C(=O)Nc3ccc(Cl)cc3)s2)cc1OC. The smallest absolute Gasteiger partial charge is 0.322 e. The van der Waals surface area contributed by atoms with Gasteiger partial charge in [-0.15, -0.1) is 10.2 Å². The van der Waals surface area contributed by atoms with Crippen LogP contribution in [0.25, 0.3) is 0 Å². The van der Waals surface area contributed by atoms with Crippen LogP contribution >= 0.6 is 22.9 Å². The van der Waals surface area contributed by atoms with Crippen molar-refractivity contribution in [1.29, 1.82) is 0 Å². The van der Waals surface area contributed by atoms with Crippen molar-refractivity contribution in [3.63, 3.8) is 0 Å². The molecule has 4 rings (SSSR count). The second kappa shape index (κ2) is 10.1. The van der Waals surface area contributed by atoms with Crippen molar-refractivity contribution < 1.29 is 19.1 Å². The highest BCUT2D eigenvalue weighted by Crippen LogP contribution is 2.35. The average molecular weight is 488 g/mol. The Balaban J connectivity index is 1.44. The maximum atomic E-state index is 13.0. The van der Waals surface area contributed by atoms with Gasteiger partial charge in [-0.1, -0.05) is 22.9 Å². The van der Waals surface area contributed by atoms with Gasteiger partial charge in [0.2, 0.25) is 5.01 Å². The minimum absolute atomic E-state index is 0.229. The van der Waals surface area contributed by atoms with E-state index in [0.29, 0.717) is 39.4 Å². The number of hydrogen-bond donors (Lipinski definition) is 2. The van der Waals surface area contributed by atoms with E-state index in [9.17, 15) is 9.59 Å². The quantitative estimate of drug-likeness (QED) is 0.516. The zero-order valence-electron chi connectivity index (χ0n) is 18.0. The summed E-state index contributed by atoms with van der Waals surface area (Å²) >= 11 is 7.06. The van der Waals surface area contributed by atoms with Crippen LogP contribution in [0.2, 0.25) is 5.02 Å². The predicted molar refractivity (Wildman–Crippen MR) is 127 cm³/mol. The van der Waals surface area contributed by atoms with E-state index in [1.54, 1.807) is 54.5 Å². The number of urea groups is 1. The van der Waals surface area contributed by atoms with E-state index in [0.717, 1.165) is 12.8 Å². The van der Waals surface area contributed by atoms with Crippen LogP contribution in [0, 0.1) is 0 Å². The van der Waals surface area contributed by atoms with Crippen LogP contribution in [0.15, 0.2) is 42.5 Å². The van der Waals surface area contributed by atoms with Crippen molar-refractivity contribution in [2.75, 3.05) is 31.4 Å². The first kappa shape index (κ1) is 22.8. The van der Waals surface area contributed by atoms with Gasteiger partial charge >= 0.3 is 6.03 Å². The Morgan fingerprint density at radius 2 is 1.76 bits per heavy atom. The highest BCUT2D eigenvalue weighted by Gasteiger charge is 2.33. The van der Waals surface area contributed by atoms with Crippen molar-refractivity contribution >= 4 is 46.3 Å². The summed E-state index contributed by atoms with van der Waals surface area (Å²) in [6.07, 6.45) is 1.57. The van der Waals surface area contributed by atoms with Crippen molar-refractivity contribution in [1.82, 2.24) is 15.1 Å². The van der Waals surface area contributed by atoms with Crippen molar-refractivity contribution in [2.24, 2.45) is 0 Å². The fourth-order valence-corrected chi connectivity index (χ4v) is 4.57. The summed E-state index contributed by atoms with van der Waals surface area (Å²) in [5, 5.41) is 15.3. The van der Waals surface area contributed by atoms with Gasteiger partial charge in [-0.2, -0.15) is 0 Å². The molecule has 1 aliphatic rings. The molecule has 0 radical (unpaired) electrons. The molecule has 172 valence electrons. The maximum Gasteiger partial charge on any atom is 0.322 e. The fourth-order valence-electron chi connectivity index (χ4n) is 3.55. The zero-order chi connectivity index (χ0) is 23.4. The third kappa shape index (κ3) is 5.18. The molecule has 3 aromatic rings. The number of methoxy groups -OCH3 is 2. The summed E-state index contributed by atoms with van der Waals surface area (Å²) in [4.78, 5) is 27.2. The largest absolute Gasteiger partial charge is 0.493 e.